The van der Waals surface area contributed by atoms with E-state index in [-0.39, 0.29) is 18.9 Å². The number of unbranched alkanes of at least 4 members (excludes halogenated alkanes) is 51. The Hall–Kier alpha value is -1.99. The fourth-order valence-corrected chi connectivity index (χ4v) is 14.9. The van der Waals surface area contributed by atoms with Crippen molar-refractivity contribution in [3.8, 4) is 0 Å². The lowest BCUT2D eigenvalue weighted by molar-refractivity contribution is -0.379. The molecule has 3 heterocycles. The SMILES string of the molecule is CCCCCCCCCC/C=C\CCCCCCCCCCCCCCCCCCCC(=O)NC(COC1OC(CO)C(OC2OC(CO)C(OC3OC(CO)C(O)C(O)C3O)C(O)C2O)C(O)C1O)C(O)/C=C/CC/C=C/CCCCCCCCCCCCCCCCCCCCCCCCCCC. The third-order valence-electron chi connectivity index (χ3n) is 21.9. The number of allylic oxidation sites excluding steroid dienone is 5. The van der Waals surface area contributed by atoms with Gasteiger partial charge >= 0.3 is 0 Å². The summed E-state index contributed by atoms with van der Waals surface area (Å²) in [5.74, 6) is -0.278. The maximum atomic E-state index is 13.5. The Balaban J connectivity index is 1.35. The predicted octanol–water partition coefficient (Wildman–Crippen LogP) is 15.9. The summed E-state index contributed by atoms with van der Waals surface area (Å²) in [5, 5.41) is 121. The molecular weight excluding hydrogens is 1330 g/mol. The van der Waals surface area contributed by atoms with Crippen molar-refractivity contribution in [2.75, 3.05) is 26.4 Å². The molecule has 3 aliphatic rings. The molecule has 105 heavy (non-hydrogen) atoms. The van der Waals surface area contributed by atoms with E-state index in [1.54, 1.807) is 6.08 Å². The Bertz CT molecular complexity index is 2030. The predicted molar refractivity (Wildman–Crippen MR) is 420 cm³/mol. The van der Waals surface area contributed by atoms with Crippen LogP contribution in [0.1, 0.15) is 373 Å². The molecule has 0 saturated carbocycles. The van der Waals surface area contributed by atoms with Crippen LogP contribution >= 0.6 is 0 Å². The van der Waals surface area contributed by atoms with E-state index in [4.69, 9.17) is 28.4 Å². The molecule has 0 aromatic rings. The second-order valence-corrected chi connectivity index (χ2v) is 31.3. The molecule has 12 N–H and O–H groups in total. The molecule has 0 spiro atoms. The highest BCUT2D eigenvalue weighted by Gasteiger charge is 2.54. The fourth-order valence-electron chi connectivity index (χ4n) is 14.9. The standard InChI is InChI=1S/C86H161NO18/c1-3-5-7-9-11-13-15-17-19-21-23-25-27-29-31-33-34-36-37-39-41-43-45-47-49-51-53-55-57-59-61-63-70(91)69(87-74(92)64-62-60-58-56-54-52-50-48-46-44-42-40-38-35-32-30-28-26-24-22-20-18-16-14-12-10-8-6-4-2)68-100-84-80(98)77(95)82(72(66-89)102-84)105-86-81(99)78(96)83(73(67-90)103-86)104-85-79(97)76(94)75(93)71(65-88)101-85/h22,24,53,55,61,63,69-73,75-86,88-91,93-99H,3-21,23,25-52,54,56-60,62,64-68H2,1-2H3,(H,87,92)/b24-22-,55-53+,63-61+. The molecule has 618 valence electrons. The summed E-state index contributed by atoms with van der Waals surface area (Å²) in [4.78, 5) is 13.5. The molecule has 17 unspecified atom stereocenters. The second kappa shape index (κ2) is 66.6. The number of aliphatic hydroxyl groups excluding tert-OH is 11. The zero-order chi connectivity index (χ0) is 76.0. The van der Waals surface area contributed by atoms with Crippen LogP contribution in [-0.4, -0.2) is 193 Å². The maximum absolute atomic E-state index is 13.5. The lowest BCUT2D eigenvalue weighted by Gasteiger charge is -2.48. The van der Waals surface area contributed by atoms with Gasteiger partial charge in [0.25, 0.3) is 0 Å². The van der Waals surface area contributed by atoms with Gasteiger partial charge in [-0.15, -0.1) is 0 Å². The Morgan fingerprint density at radius 1 is 0.333 bits per heavy atom. The molecule has 0 radical (unpaired) electrons. The molecule has 3 fully saturated rings. The van der Waals surface area contributed by atoms with Gasteiger partial charge in [-0.3, -0.25) is 4.79 Å². The number of amides is 1. The number of hydrogen-bond donors (Lipinski definition) is 12. The number of ether oxygens (including phenoxy) is 6. The topological polar surface area (TPSA) is 307 Å². The van der Waals surface area contributed by atoms with Gasteiger partial charge in [0.1, 0.15) is 73.2 Å². The molecule has 19 heteroatoms. The van der Waals surface area contributed by atoms with E-state index in [0.717, 1.165) is 38.5 Å². The van der Waals surface area contributed by atoms with Crippen molar-refractivity contribution >= 4 is 5.91 Å². The summed E-state index contributed by atoms with van der Waals surface area (Å²) in [6, 6.07) is -0.991. The van der Waals surface area contributed by atoms with E-state index >= 15 is 0 Å². The molecular formula is C86H161NO18. The third-order valence-corrected chi connectivity index (χ3v) is 21.9. The van der Waals surface area contributed by atoms with Crippen molar-refractivity contribution in [1.29, 1.82) is 0 Å². The zero-order valence-corrected chi connectivity index (χ0v) is 66.5. The monoisotopic (exact) mass is 1500 g/mol. The first-order valence-electron chi connectivity index (χ1n) is 43.7. The van der Waals surface area contributed by atoms with Crippen molar-refractivity contribution in [1.82, 2.24) is 5.32 Å². The van der Waals surface area contributed by atoms with Crippen LogP contribution in [0.2, 0.25) is 0 Å². The average Bonchev–Trinajstić information content (AvgIpc) is 0.781. The highest BCUT2D eigenvalue weighted by Crippen LogP contribution is 2.33. The Labute approximate surface area is 638 Å². The van der Waals surface area contributed by atoms with Gasteiger partial charge in [0.05, 0.1) is 38.6 Å². The van der Waals surface area contributed by atoms with E-state index in [1.165, 1.54) is 302 Å². The van der Waals surface area contributed by atoms with E-state index < -0.39 is 124 Å². The van der Waals surface area contributed by atoms with Gasteiger partial charge < -0.3 is 89.9 Å². The van der Waals surface area contributed by atoms with Crippen LogP contribution in [0.5, 0.6) is 0 Å². The Morgan fingerprint density at radius 2 is 0.610 bits per heavy atom. The minimum absolute atomic E-state index is 0.239. The summed E-state index contributed by atoms with van der Waals surface area (Å²) in [7, 11) is 0. The van der Waals surface area contributed by atoms with Crippen LogP contribution in [0.25, 0.3) is 0 Å². The van der Waals surface area contributed by atoms with Crippen molar-refractivity contribution in [2.45, 2.75) is 478 Å². The smallest absolute Gasteiger partial charge is 0.220 e. The Morgan fingerprint density at radius 3 is 0.952 bits per heavy atom. The van der Waals surface area contributed by atoms with Crippen molar-refractivity contribution in [2.24, 2.45) is 0 Å². The largest absolute Gasteiger partial charge is 0.394 e. The van der Waals surface area contributed by atoms with Crippen LogP contribution in [-0.2, 0) is 33.2 Å². The number of rotatable bonds is 71. The van der Waals surface area contributed by atoms with Crippen LogP contribution in [0.4, 0.5) is 0 Å². The minimum atomic E-state index is -1.98. The maximum Gasteiger partial charge on any atom is 0.220 e. The minimum Gasteiger partial charge on any atom is -0.394 e. The summed E-state index contributed by atoms with van der Waals surface area (Å²) in [5.41, 5.74) is 0. The fraction of sp³-hybridized carbons (Fsp3) is 0.919. The van der Waals surface area contributed by atoms with Gasteiger partial charge in [-0.25, -0.2) is 0 Å². The number of carbonyl (C=O) groups excluding carboxylic acids is 1. The van der Waals surface area contributed by atoms with Crippen LogP contribution in [0, 0.1) is 0 Å². The molecule has 0 bridgehead atoms. The van der Waals surface area contributed by atoms with Crippen molar-refractivity contribution in [3.05, 3.63) is 36.5 Å². The second-order valence-electron chi connectivity index (χ2n) is 31.3. The van der Waals surface area contributed by atoms with Crippen LogP contribution < -0.4 is 5.32 Å². The summed E-state index contributed by atoms with van der Waals surface area (Å²) >= 11 is 0. The van der Waals surface area contributed by atoms with Crippen molar-refractivity contribution in [3.63, 3.8) is 0 Å². The van der Waals surface area contributed by atoms with E-state index in [1.807, 2.05) is 6.08 Å². The first kappa shape index (κ1) is 97.2. The molecule has 17 atom stereocenters. The Kier molecular flexibility index (Phi) is 61.7. The summed E-state index contributed by atoms with van der Waals surface area (Å²) in [6.07, 6.45) is 57.3. The van der Waals surface area contributed by atoms with Crippen LogP contribution in [0.3, 0.4) is 0 Å². The first-order valence-corrected chi connectivity index (χ1v) is 43.7. The van der Waals surface area contributed by atoms with E-state index in [0.29, 0.717) is 12.8 Å². The number of aliphatic hydroxyl groups is 11. The average molecular weight is 1500 g/mol. The molecule has 0 aromatic heterocycles. The van der Waals surface area contributed by atoms with E-state index in [2.05, 4.69) is 43.5 Å². The molecule has 0 aromatic carbocycles. The van der Waals surface area contributed by atoms with Gasteiger partial charge in [0, 0.05) is 6.42 Å². The van der Waals surface area contributed by atoms with Gasteiger partial charge in [-0.05, 0) is 57.8 Å². The van der Waals surface area contributed by atoms with Gasteiger partial charge in [0.2, 0.25) is 5.91 Å². The van der Waals surface area contributed by atoms with E-state index in [9.17, 15) is 61.0 Å². The van der Waals surface area contributed by atoms with Crippen molar-refractivity contribution < 1.29 is 89.4 Å². The summed E-state index contributed by atoms with van der Waals surface area (Å²) in [6.45, 7) is 1.78. The molecule has 1 amide bonds. The molecule has 3 saturated heterocycles. The molecule has 3 aliphatic heterocycles. The third kappa shape index (κ3) is 46.0. The van der Waals surface area contributed by atoms with Crippen LogP contribution in [0.15, 0.2) is 36.5 Å². The quantitative estimate of drug-likeness (QED) is 0.0199. The van der Waals surface area contributed by atoms with Gasteiger partial charge in [-0.2, -0.15) is 0 Å². The number of carbonyl (C=O) groups is 1. The highest BCUT2D eigenvalue weighted by atomic mass is 16.8. The molecule has 0 aliphatic carbocycles. The van der Waals surface area contributed by atoms with Gasteiger partial charge in [0.15, 0.2) is 18.9 Å². The summed E-state index contributed by atoms with van der Waals surface area (Å²) < 4.78 is 34.5. The van der Waals surface area contributed by atoms with Gasteiger partial charge in [-0.1, -0.05) is 346 Å². The first-order chi connectivity index (χ1) is 51.3. The molecule has 3 rings (SSSR count). The number of nitrogens with one attached hydrogen (secondary N) is 1. The normalized spacial score (nSPS) is 25.9. The molecule has 19 nitrogen and oxygen atoms in total. The lowest BCUT2D eigenvalue weighted by Crippen LogP contribution is -2.66. The highest BCUT2D eigenvalue weighted by molar-refractivity contribution is 5.76. The number of hydrogen-bond acceptors (Lipinski definition) is 18. The zero-order valence-electron chi connectivity index (χ0n) is 66.5. The lowest BCUT2D eigenvalue weighted by atomic mass is 9.96.